The van der Waals surface area contributed by atoms with Crippen molar-refractivity contribution < 1.29 is 0 Å². The van der Waals surface area contributed by atoms with Crippen molar-refractivity contribution >= 4 is 24.8 Å². The number of benzene rings is 2. The highest BCUT2D eigenvalue weighted by molar-refractivity contribution is 5.85. The van der Waals surface area contributed by atoms with Gasteiger partial charge in [0.15, 0.2) is 0 Å². The van der Waals surface area contributed by atoms with E-state index in [2.05, 4.69) is 85.6 Å². The van der Waals surface area contributed by atoms with Crippen LogP contribution in [0.5, 0.6) is 0 Å². The van der Waals surface area contributed by atoms with Crippen LogP contribution in [0.25, 0.3) is 11.1 Å². The molecule has 0 amide bonds. The summed E-state index contributed by atoms with van der Waals surface area (Å²) in [5, 5.41) is 3.47. The number of hydrogen-bond acceptors (Lipinski definition) is 2. The van der Waals surface area contributed by atoms with Crippen LogP contribution in [0.2, 0.25) is 0 Å². The molecule has 3 rings (SSSR count). The van der Waals surface area contributed by atoms with Crippen molar-refractivity contribution in [2.24, 2.45) is 5.41 Å². The molecule has 1 aliphatic rings. The molecule has 2 nitrogen and oxygen atoms in total. The van der Waals surface area contributed by atoms with Crippen LogP contribution in [-0.2, 0) is 0 Å². The van der Waals surface area contributed by atoms with Gasteiger partial charge in [-0.2, -0.15) is 0 Å². The first-order valence-electron chi connectivity index (χ1n) is 8.66. The van der Waals surface area contributed by atoms with Crippen molar-refractivity contribution in [3.05, 3.63) is 60.2 Å². The second-order valence-corrected chi connectivity index (χ2v) is 7.55. The lowest BCUT2D eigenvalue weighted by molar-refractivity contribution is 0.0863. The summed E-state index contributed by atoms with van der Waals surface area (Å²) in [6, 6.07) is 20.2. The molecule has 0 aromatic heterocycles. The monoisotopic (exact) mass is 380 g/mol. The standard InChI is InChI=1S/C21H28N2.2ClH/c1-21(2,3)20(23-14-12-22-13-15-23)19-11-7-10-18(16-19)17-8-5-4-6-9-17;;/h4-11,16,20,22H,12-15H2,1-3H3;2*1H/t20-;;/m0../s1. The van der Waals surface area contributed by atoms with Gasteiger partial charge in [-0.25, -0.2) is 0 Å². The third-order valence-electron chi connectivity index (χ3n) is 4.65. The molecule has 0 radical (unpaired) electrons. The molecule has 0 unspecified atom stereocenters. The number of piperazine rings is 1. The Kier molecular flexibility index (Phi) is 8.43. The van der Waals surface area contributed by atoms with Gasteiger partial charge in [0, 0.05) is 32.2 Å². The van der Waals surface area contributed by atoms with E-state index in [0.29, 0.717) is 6.04 Å². The maximum Gasteiger partial charge on any atom is 0.0397 e. The Morgan fingerprint density at radius 2 is 1.44 bits per heavy atom. The molecule has 4 heteroatoms. The zero-order chi connectivity index (χ0) is 16.3. The molecule has 0 saturated carbocycles. The molecule has 1 aliphatic heterocycles. The Bertz CT molecular complexity index is 632. The summed E-state index contributed by atoms with van der Waals surface area (Å²) in [7, 11) is 0. The average Bonchev–Trinajstić information content (AvgIpc) is 2.56. The van der Waals surface area contributed by atoms with Gasteiger partial charge in [0.05, 0.1) is 0 Å². The Balaban J connectivity index is 0.00000156. The fourth-order valence-corrected chi connectivity index (χ4v) is 3.72. The molecular weight excluding hydrogens is 351 g/mol. The van der Waals surface area contributed by atoms with Gasteiger partial charge < -0.3 is 5.32 Å². The van der Waals surface area contributed by atoms with Crippen LogP contribution in [0, 0.1) is 5.41 Å². The lowest BCUT2D eigenvalue weighted by Crippen LogP contribution is -2.48. The first-order valence-corrected chi connectivity index (χ1v) is 8.66. The van der Waals surface area contributed by atoms with E-state index in [4.69, 9.17) is 0 Å². The zero-order valence-electron chi connectivity index (χ0n) is 15.4. The van der Waals surface area contributed by atoms with Crippen LogP contribution in [0.4, 0.5) is 0 Å². The SMILES string of the molecule is CC(C)(C)[C@H](c1cccc(-c2ccccc2)c1)N1CCNCC1.Cl.Cl. The molecule has 2 aromatic carbocycles. The van der Waals surface area contributed by atoms with Gasteiger partial charge in [-0.3, -0.25) is 4.90 Å². The topological polar surface area (TPSA) is 15.3 Å². The molecular formula is C21H30Cl2N2. The van der Waals surface area contributed by atoms with Crippen molar-refractivity contribution in [3.8, 4) is 11.1 Å². The van der Waals surface area contributed by atoms with E-state index < -0.39 is 0 Å². The van der Waals surface area contributed by atoms with E-state index in [9.17, 15) is 0 Å². The van der Waals surface area contributed by atoms with E-state index in [-0.39, 0.29) is 30.2 Å². The van der Waals surface area contributed by atoms with Gasteiger partial charge in [0.2, 0.25) is 0 Å². The van der Waals surface area contributed by atoms with E-state index >= 15 is 0 Å². The highest BCUT2D eigenvalue weighted by Crippen LogP contribution is 2.39. The van der Waals surface area contributed by atoms with Crippen molar-refractivity contribution in [3.63, 3.8) is 0 Å². The van der Waals surface area contributed by atoms with Crippen molar-refractivity contribution in [1.29, 1.82) is 0 Å². The van der Waals surface area contributed by atoms with Crippen LogP contribution in [0.3, 0.4) is 0 Å². The summed E-state index contributed by atoms with van der Waals surface area (Å²) in [5.74, 6) is 0. The number of hydrogen-bond donors (Lipinski definition) is 1. The first-order chi connectivity index (χ1) is 11.1. The summed E-state index contributed by atoms with van der Waals surface area (Å²) in [4.78, 5) is 2.64. The molecule has 0 bridgehead atoms. The molecule has 25 heavy (non-hydrogen) atoms. The summed E-state index contributed by atoms with van der Waals surface area (Å²) < 4.78 is 0. The second kappa shape index (κ2) is 9.59. The van der Waals surface area contributed by atoms with Gasteiger partial charge in [-0.15, -0.1) is 24.8 Å². The van der Waals surface area contributed by atoms with E-state index in [0.717, 1.165) is 26.2 Å². The van der Waals surface area contributed by atoms with Crippen LogP contribution in [0.1, 0.15) is 32.4 Å². The molecule has 1 N–H and O–H groups in total. The largest absolute Gasteiger partial charge is 0.314 e. The summed E-state index contributed by atoms with van der Waals surface area (Å²) in [6.07, 6.45) is 0. The predicted octanol–water partition coefficient (Wildman–Crippen LogP) is 5.19. The summed E-state index contributed by atoms with van der Waals surface area (Å²) in [6.45, 7) is 11.5. The number of nitrogens with zero attached hydrogens (tertiary/aromatic N) is 1. The van der Waals surface area contributed by atoms with Gasteiger partial charge in [0.25, 0.3) is 0 Å². The molecule has 1 fully saturated rings. The number of nitrogens with one attached hydrogen (secondary N) is 1. The smallest absolute Gasteiger partial charge is 0.0397 e. The Hall–Kier alpha value is -1.06. The Labute approximate surface area is 164 Å². The van der Waals surface area contributed by atoms with Crippen molar-refractivity contribution in [2.75, 3.05) is 26.2 Å². The zero-order valence-corrected chi connectivity index (χ0v) is 17.0. The second-order valence-electron chi connectivity index (χ2n) is 7.55. The normalized spacial score (nSPS) is 16.4. The molecule has 1 atom stereocenters. The summed E-state index contributed by atoms with van der Waals surface area (Å²) >= 11 is 0. The van der Waals surface area contributed by atoms with E-state index in [1.165, 1.54) is 16.7 Å². The molecule has 2 aromatic rings. The quantitative estimate of drug-likeness (QED) is 0.787. The lowest BCUT2D eigenvalue weighted by atomic mass is 9.80. The predicted molar refractivity (Wildman–Crippen MR) is 113 cm³/mol. The summed E-state index contributed by atoms with van der Waals surface area (Å²) in [5.41, 5.74) is 4.25. The van der Waals surface area contributed by atoms with Crippen LogP contribution in [0.15, 0.2) is 54.6 Å². The van der Waals surface area contributed by atoms with Gasteiger partial charge in [0.1, 0.15) is 0 Å². The minimum absolute atomic E-state index is 0. The minimum atomic E-state index is 0. The average molecular weight is 381 g/mol. The number of rotatable bonds is 3. The van der Waals surface area contributed by atoms with Crippen molar-refractivity contribution in [2.45, 2.75) is 26.8 Å². The van der Waals surface area contributed by atoms with Gasteiger partial charge >= 0.3 is 0 Å². The highest BCUT2D eigenvalue weighted by Gasteiger charge is 2.32. The van der Waals surface area contributed by atoms with Gasteiger partial charge in [-0.05, 0) is 28.2 Å². The molecule has 1 saturated heterocycles. The minimum Gasteiger partial charge on any atom is -0.314 e. The fourth-order valence-electron chi connectivity index (χ4n) is 3.72. The first kappa shape index (κ1) is 22.0. The third-order valence-corrected chi connectivity index (χ3v) is 4.65. The fraction of sp³-hybridized carbons (Fsp3) is 0.429. The maximum absolute atomic E-state index is 3.47. The molecule has 138 valence electrons. The number of halogens is 2. The van der Waals surface area contributed by atoms with Crippen molar-refractivity contribution in [1.82, 2.24) is 10.2 Å². The Morgan fingerprint density at radius 1 is 0.840 bits per heavy atom. The van der Waals surface area contributed by atoms with Gasteiger partial charge in [-0.1, -0.05) is 69.3 Å². The Morgan fingerprint density at radius 3 is 2.04 bits per heavy atom. The van der Waals surface area contributed by atoms with E-state index in [1.54, 1.807) is 0 Å². The maximum atomic E-state index is 3.47. The molecule has 0 spiro atoms. The van der Waals surface area contributed by atoms with Crippen LogP contribution < -0.4 is 5.32 Å². The highest BCUT2D eigenvalue weighted by atomic mass is 35.5. The third kappa shape index (κ3) is 5.46. The molecule has 1 heterocycles. The lowest BCUT2D eigenvalue weighted by Gasteiger charge is -2.42. The van der Waals surface area contributed by atoms with Crippen LogP contribution in [-0.4, -0.2) is 31.1 Å². The van der Waals surface area contributed by atoms with E-state index in [1.807, 2.05) is 0 Å². The van der Waals surface area contributed by atoms with Crippen LogP contribution >= 0.6 is 24.8 Å². The molecule has 0 aliphatic carbocycles.